The highest BCUT2D eigenvalue weighted by Gasteiger charge is 2.04. The average Bonchev–Trinajstić information content (AvgIpc) is 2.78. The molecule has 0 radical (unpaired) electrons. The van der Waals surface area contributed by atoms with Crippen molar-refractivity contribution in [3.63, 3.8) is 0 Å². The van der Waals surface area contributed by atoms with Crippen LogP contribution in [0.1, 0.15) is 24.7 Å². The number of nitriles is 1. The molecule has 0 spiro atoms. The molecule has 2 rings (SSSR count). The molecule has 1 heterocycles. The normalized spacial score (nSPS) is 12.5. The summed E-state index contributed by atoms with van der Waals surface area (Å²) in [4.78, 5) is 7.64. The molecule has 0 bridgehead atoms. The Morgan fingerprint density at radius 2 is 2.32 bits per heavy atom. The van der Waals surface area contributed by atoms with E-state index in [1.165, 1.54) is 5.56 Å². The molecule has 1 aromatic heterocycles. The standard InChI is InChI=1S/C15H20N4/c1-3-12(9-16)10-17-7-6-13-4-5-14-15(8-13)19-11(2)18-14/h4-5,8,12,17H,3,6-7,10H2,1-2H3,(H,18,19). The molecule has 2 aromatic rings. The fourth-order valence-corrected chi connectivity index (χ4v) is 2.13. The maximum Gasteiger partial charge on any atom is 0.104 e. The predicted molar refractivity (Wildman–Crippen MR) is 76.8 cm³/mol. The minimum atomic E-state index is 0.123. The van der Waals surface area contributed by atoms with Crippen LogP contribution in [0.25, 0.3) is 11.0 Å². The van der Waals surface area contributed by atoms with E-state index in [-0.39, 0.29) is 5.92 Å². The third-order valence-corrected chi connectivity index (χ3v) is 3.32. The van der Waals surface area contributed by atoms with Crippen molar-refractivity contribution in [1.29, 1.82) is 5.26 Å². The number of H-pyrrole nitrogens is 1. The number of hydrogen-bond donors (Lipinski definition) is 2. The fraction of sp³-hybridized carbons (Fsp3) is 0.467. The number of rotatable bonds is 6. The molecule has 0 saturated heterocycles. The van der Waals surface area contributed by atoms with E-state index in [4.69, 9.17) is 5.26 Å². The summed E-state index contributed by atoms with van der Waals surface area (Å²) in [7, 11) is 0. The highest BCUT2D eigenvalue weighted by molar-refractivity contribution is 5.75. The first-order chi connectivity index (χ1) is 9.22. The number of fused-ring (bicyclic) bond motifs is 1. The number of aromatic nitrogens is 2. The van der Waals surface area contributed by atoms with E-state index < -0.39 is 0 Å². The zero-order chi connectivity index (χ0) is 13.7. The minimum absolute atomic E-state index is 0.123. The predicted octanol–water partition coefficient (Wildman–Crippen LogP) is 2.55. The van der Waals surface area contributed by atoms with Gasteiger partial charge in [-0.1, -0.05) is 13.0 Å². The van der Waals surface area contributed by atoms with Crippen LogP contribution in [0, 0.1) is 24.2 Å². The van der Waals surface area contributed by atoms with Crippen molar-refractivity contribution in [2.75, 3.05) is 13.1 Å². The van der Waals surface area contributed by atoms with Gasteiger partial charge in [0.15, 0.2) is 0 Å². The summed E-state index contributed by atoms with van der Waals surface area (Å²) in [5, 5.41) is 12.2. The van der Waals surface area contributed by atoms with Crippen molar-refractivity contribution in [2.24, 2.45) is 5.92 Å². The molecule has 0 amide bonds. The molecular formula is C15H20N4. The van der Waals surface area contributed by atoms with Crippen LogP contribution in [0.15, 0.2) is 18.2 Å². The third-order valence-electron chi connectivity index (χ3n) is 3.32. The number of hydrogen-bond acceptors (Lipinski definition) is 3. The first-order valence-corrected chi connectivity index (χ1v) is 6.78. The van der Waals surface area contributed by atoms with Crippen LogP contribution in [-0.4, -0.2) is 23.1 Å². The van der Waals surface area contributed by atoms with Crippen LogP contribution in [-0.2, 0) is 6.42 Å². The monoisotopic (exact) mass is 256 g/mol. The SMILES string of the molecule is CCC(C#N)CNCCc1ccc2nc(C)[nH]c2c1. The summed E-state index contributed by atoms with van der Waals surface area (Å²) in [6.45, 7) is 5.69. The lowest BCUT2D eigenvalue weighted by atomic mass is 10.1. The zero-order valence-electron chi connectivity index (χ0n) is 11.5. The van der Waals surface area contributed by atoms with Crippen molar-refractivity contribution in [3.8, 4) is 6.07 Å². The second-order valence-corrected chi connectivity index (χ2v) is 4.86. The largest absolute Gasteiger partial charge is 0.342 e. The molecule has 1 unspecified atom stereocenters. The van der Waals surface area contributed by atoms with Crippen LogP contribution < -0.4 is 5.32 Å². The van der Waals surface area contributed by atoms with Crippen LogP contribution in [0.3, 0.4) is 0 Å². The first-order valence-electron chi connectivity index (χ1n) is 6.78. The third kappa shape index (κ3) is 3.55. The smallest absolute Gasteiger partial charge is 0.104 e. The quantitative estimate of drug-likeness (QED) is 0.781. The molecule has 0 fully saturated rings. The molecule has 0 saturated carbocycles. The van der Waals surface area contributed by atoms with Gasteiger partial charge in [0.2, 0.25) is 0 Å². The van der Waals surface area contributed by atoms with Gasteiger partial charge in [-0.15, -0.1) is 0 Å². The molecule has 0 aliphatic heterocycles. The average molecular weight is 256 g/mol. The maximum atomic E-state index is 8.86. The Balaban J connectivity index is 1.86. The topological polar surface area (TPSA) is 64.5 Å². The summed E-state index contributed by atoms with van der Waals surface area (Å²) < 4.78 is 0. The van der Waals surface area contributed by atoms with Crippen molar-refractivity contribution in [2.45, 2.75) is 26.7 Å². The van der Waals surface area contributed by atoms with Gasteiger partial charge < -0.3 is 10.3 Å². The lowest BCUT2D eigenvalue weighted by molar-refractivity contribution is 0.555. The summed E-state index contributed by atoms with van der Waals surface area (Å²) in [6.07, 6.45) is 1.87. The number of aromatic amines is 1. The van der Waals surface area contributed by atoms with Crippen molar-refractivity contribution in [3.05, 3.63) is 29.6 Å². The number of nitrogens with one attached hydrogen (secondary N) is 2. The lowest BCUT2D eigenvalue weighted by Crippen LogP contribution is -2.23. The Bertz CT molecular complexity index is 579. The summed E-state index contributed by atoms with van der Waals surface area (Å²) in [6, 6.07) is 8.62. The second-order valence-electron chi connectivity index (χ2n) is 4.86. The van der Waals surface area contributed by atoms with Crippen LogP contribution in [0.4, 0.5) is 0 Å². The highest BCUT2D eigenvalue weighted by Crippen LogP contribution is 2.13. The Hall–Kier alpha value is -1.86. The lowest BCUT2D eigenvalue weighted by Gasteiger charge is -2.08. The van der Waals surface area contributed by atoms with E-state index in [1.54, 1.807) is 0 Å². The molecule has 4 heteroatoms. The molecule has 100 valence electrons. The van der Waals surface area contributed by atoms with E-state index in [2.05, 4.69) is 39.6 Å². The van der Waals surface area contributed by atoms with Gasteiger partial charge in [0.25, 0.3) is 0 Å². The number of aryl methyl sites for hydroxylation is 1. The Kier molecular flexibility index (Phi) is 4.53. The van der Waals surface area contributed by atoms with Gasteiger partial charge in [-0.3, -0.25) is 0 Å². The highest BCUT2D eigenvalue weighted by atomic mass is 14.9. The molecule has 4 nitrogen and oxygen atoms in total. The van der Waals surface area contributed by atoms with Crippen LogP contribution >= 0.6 is 0 Å². The summed E-state index contributed by atoms with van der Waals surface area (Å²) >= 11 is 0. The van der Waals surface area contributed by atoms with Crippen LogP contribution in [0.5, 0.6) is 0 Å². The van der Waals surface area contributed by atoms with E-state index in [1.807, 2.05) is 13.8 Å². The Morgan fingerprint density at radius 1 is 1.47 bits per heavy atom. The summed E-state index contributed by atoms with van der Waals surface area (Å²) in [5.41, 5.74) is 3.40. The van der Waals surface area contributed by atoms with Gasteiger partial charge in [-0.25, -0.2) is 4.98 Å². The van der Waals surface area contributed by atoms with E-state index in [9.17, 15) is 0 Å². The molecule has 0 aliphatic rings. The van der Waals surface area contributed by atoms with E-state index in [0.717, 1.165) is 42.8 Å². The van der Waals surface area contributed by atoms with E-state index >= 15 is 0 Å². The second kappa shape index (κ2) is 6.35. The zero-order valence-corrected chi connectivity index (χ0v) is 11.5. The number of imidazole rings is 1. The summed E-state index contributed by atoms with van der Waals surface area (Å²) in [5.74, 6) is 1.07. The molecule has 1 atom stereocenters. The number of nitrogens with zero attached hydrogens (tertiary/aromatic N) is 2. The number of benzene rings is 1. The first kappa shape index (κ1) is 13.6. The fourth-order valence-electron chi connectivity index (χ4n) is 2.13. The molecule has 2 N–H and O–H groups in total. The van der Waals surface area contributed by atoms with Gasteiger partial charge in [0.1, 0.15) is 5.82 Å². The van der Waals surface area contributed by atoms with Gasteiger partial charge in [0, 0.05) is 6.54 Å². The van der Waals surface area contributed by atoms with Crippen molar-refractivity contribution in [1.82, 2.24) is 15.3 Å². The van der Waals surface area contributed by atoms with Crippen molar-refractivity contribution < 1.29 is 0 Å². The molecule has 0 aliphatic carbocycles. The minimum Gasteiger partial charge on any atom is -0.342 e. The van der Waals surface area contributed by atoms with Crippen molar-refractivity contribution >= 4 is 11.0 Å². The van der Waals surface area contributed by atoms with Gasteiger partial charge in [0.05, 0.1) is 23.0 Å². The molecular weight excluding hydrogens is 236 g/mol. The Morgan fingerprint density at radius 3 is 3.05 bits per heavy atom. The van der Waals surface area contributed by atoms with Gasteiger partial charge in [-0.2, -0.15) is 5.26 Å². The molecule has 19 heavy (non-hydrogen) atoms. The van der Waals surface area contributed by atoms with Gasteiger partial charge in [-0.05, 0) is 44.0 Å². The van der Waals surface area contributed by atoms with Crippen LogP contribution in [0.2, 0.25) is 0 Å². The molecule has 1 aromatic carbocycles. The maximum absolute atomic E-state index is 8.86. The van der Waals surface area contributed by atoms with Gasteiger partial charge >= 0.3 is 0 Å². The Labute approximate surface area is 113 Å². The van der Waals surface area contributed by atoms with E-state index in [0.29, 0.717) is 0 Å².